The van der Waals surface area contributed by atoms with Gasteiger partial charge in [-0.25, -0.2) is 0 Å². The smallest absolute Gasteiger partial charge is 0.306 e. The van der Waals surface area contributed by atoms with Crippen LogP contribution < -0.4 is 5.32 Å². The molecule has 0 saturated heterocycles. The average Bonchev–Trinajstić information content (AvgIpc) is 2.52. The van der Waals surface area contributed by atoms with Crippen LogP contribution in [-0.4, -0.2) is 12.4 Å². The first-order valence-electron chi connectivity index (χ1n) is 7.04. The quantitative estimate of drug-likeness (QED) is 0.580. The van der Waals surface area contributed by atoms with Gasteiger partial charge in [-0.1, -0.05) is 42.5 Å². The van der Waals surface area contributed by atoms with E-state index in [9.17, 15) is 13.2 Å². The fourth-order valence-electron chi connectivity index (χ4n) is 2.28. The standard InChI is InChI=1S/C17H17ClF3N/c18-10-5-11-22-16(13-6-2-1-3-7-13)14-8-4-9-15(12-14)17(19,20)21/h1-4,6-9,12,16,22H,5,10-11H2. The summed E-state index contributed by atoms with van der Waals surface area (Å²) in [6.45, 7) is 0.638. The van der Waals surface area contributed by atoms with Crippen molar-refractivity contribution in [3.8, 4) is 0 Å². The van der Waals surface area contributed by atoms with Crippen LogP contribution in [0, 0.1) is 0 Å². The first-order valence-corrected chi connectivity index (χ1v) is 7.57. The third kappa shape index (κ3) is 4.49. The van der Waals surface area contributed by atoms with Crippen molar-refractivity contribution in [2.75, 3.05) is 12.4 Å². The molecule has 1 nitrogen and oxygen atoms in total. The number of hydrogen-bond donors (Lipinski definition) is 1. The van der Waals surface area contributed by atoms with E-state index in [2.05, 4.69) is 5.32 Å². The van der Waals surface area contributed by atoms with Crippen LogP contribution in [0.5, 0.6) is 0 Å². The average molecular weight is 328 g/mol. The van der Waals surface area contributed by atoms with Crippen molar-refractivity contribution in [1.29, 1.82) is 0 Å². The second-order valence-corrected chi connectivity index (χ2v) is 5.34. The topological polar surface area (TPSA) is 12.0 Å². The molecule has 5 heteroatoms. The second-order valence-electron chi connectivity index (χ2n) is 4.96. The number of halogens is 4. The van der Waals surface area contributed by atoms with Crippen LogP contribution in [0.3, 0.4) is 0 Å². The Bertz CT molecular complexity index is 584. The lowest BCUT2D eigenvalue weighted by Crippen LogP contribution is -2.24. The number of nitrogens with one attached hydrogen (secondary N) is 1. The van der Waals surface area contributed by atoms with Gasteiger partial charge in [-0.05, 0) is 36.2 Å². The Morgan fingerprint density at radius 1 is 0.955 bits per heavy atom. The lowest BCUT2D eigenvalue weighted by atomic mass is 9.97. The molecule has 0 aliphatic rings. The number of benzene rings is 2. The van der Waals surface area contributed by atoms with Gasteiger partial charge in [0.05, 0.1) is 11.6 Å². The van der Waals surface area contributed by atoms with Crippen LogP contribution in [0.25, 0.3) is 0 Å². The Kier molecular flexibility index (Phi) is 5.86. The molecular weight excluding hydrogens is 311 g/mol. The van der Waals surface area contributed by atoms with Crippen molar-refractivity contribution in [3.05, 3.63) is 71.3 Å². The molecule has 118 valence electrons. The van der Waals surface area contributed by atoms with E-state index in [1.165, 1.54) is 12.1 Å². The van der Waals surface area contributed by atoms with E-state index in [1.807, 2.05) is 30.3 Å². The number of rotatable bonds is 6. The summed E-state index contributed by atoms with van der Waals surface area (Å²) in [5.74, 6) is 0.511. The maximum Gasteiger partial charge on any atom is 0.416 e. The minimum Gasteiger partial charge on any atom is -0.306 e. The van der Waals surface area contributed by atoms with Gasteiger partial charge in [0, 0.05) is 5.88 Å². The largest absolute Gasteiger partial charge is 0.416 e. The lowest BCUT2D eigenvalue weighted by molar-refractivity contribution is -0.137. The van der Waals surface area contributed by atoms with Crippen molar-refractivity contribution in [3.63, 3.8) is 0 Å². The van der Waals surface area contributed by atoms with E-state index < -0.39 is 11.7 Å². The molecule has 0 aromatic heterocycles. The van der Waals surface area contributed by atoms with Gasteiger partial charge in [-0.2, -0.15) is 13.2 Å². The lowest BCUT2D eigenvalue weighted by Gasteiger charge is -2.21. The van der Waals surface area contributed by atoms with E-state index in [-0.39, 0.29) is 6.04 Å². The summed E-state index contributed by atoms with van der Waals surface area (Å²) in [5, 5.41) is 3.28. The zero-order valence-corrected chi connectivity index (χ0v) is 12.7. The van der Waals surface area contributed by atoms with E-state index in [0.29, 0.717) is 18.0 Å². The molecule has 0 aliphatic carbocycles. The van der Waals surface area contributed by atoms with E-state index in [0.717, 1.165) is 18.1 Å². The molecule has 0 radical (unpaired) electrons. The van der Waals surface area contributed by atoms with Gasteiger partial charge in [0.2, 0.25) is 0 Å². The normalized spacial score (nSPS) is 13.1. The van der Waals surface area contributed by atoms with Crippen LogP contribution in [-0.2, 0) is 6.18 Å². The first-order chi connectivity index (χ1) is 10.5. The highest BCUT2D eigenvalue weighted by Crippen LogP contribution is 2.32. The van der Waals surface area contributed by atoms with Gasteiger partial charge in [-0.15, -0.1) is 11.6 Å². The minimum absolute atomic E-state index is 0.285. The molecule has 2 aromatic carbocycles. The highest BCUT2D eigenvalue weighted by Gasteiger charge is 2.31. The molecule has 0 saturated carbocycles. The maximum atomic E-state index is 12.9. The van der Waals surface area contributed by atoms with Crippen LogP contribution in [0.2, 0.25) is 0 Å². The molecule has 2 rings (SSSR count). The summed E-state index contributed by atoms with van der Waals surface area (Å²) in [6, 6.07) is 14.6. The van der Waals surface area contributed by atoms with E-state index >= 15 is 0 Å². The Hall–Kier alpha value is -1.52. The SMILES string of the molecule is FC(F)(F)c1cccc(C(NCCCCl)c2ccccc2)c1. The van der Waals surface area contributed by atoms with Gasteiger partial charge < -0.3 is 5.32 Å². The highest BCUT2D eigenvalue weighted by atomic mass is 35.5. The Morgan fingerprint density at radius 2 is 1.64 bits per heavy atom. The van der Waals surface area contributed by atoms with Gasteiger partial charge in [0.1, 0.15) is 0 Å². The summed E-state index contributed by atoms with van der Waals surface area (Å²) < 4.78 is 38.7. The first kappa shape index (κ1) is 16.8. The number of alkyl halides is 4. The number of hydrogen-bond acceptors (Lipinski definition) is 1. The molecule has 0 fully saturated rings. The van der Waals surface area contributed by atoms with E-state index in [1.54, 1.807) is 6.07 Å². The zero-order chi connectivity index (χ0) is 16.0. The monoisotopic (exact) mass is 327 g/mol. The second kappa shape index (κ2) is 7.65. The van der Waals surface area contributed by atoms with Crippen molar-refractivity contribution in [2.45, 2.75) is 18.6 Å². The van der Waals surface area contributed by atoms with Gasteiger partial charge in [0.25, 0.3) is 0 Å². The Morgan fingerprint density at radius 3 is 2.27 bits per heavy atom. The molecule has 1 atom stereocenters. The maximum absolute atomic E-state index is 12.9. The molecule has 0 aliphatic heterocycles. The predicted octanol–water partition coefficient (Wildman–Crippen LogP) is 5.01. The van der Waals surface area contributed by atoms with Gasteiger partial charge in [-0.3, -0.25) is 0 Å². The van der Waals surface area contributed by atoms with Crippen molar-refractivity contribution < 1.29 is 13.2 Å². The molecule has 0 spiro atoms. The van der Waals surface area contributed by atoms with Crippen LogP contribution in [0.1, 0.15) is 29.2 Å². The van der Waals surface area contributed by atoms with Crippen LogP contribution >= 0.6 is 11.6 Å². The van der Waals surface area contributed by atoms with Crippen molar-refractivity contribution in [2.24, 2.45) is 0 Å². The van der Waals surface area contributed by atoms with Gasteiger partial charge in [0.15, 0.2) is 0 Å². The summed E-state index contributed by atoms with van der Waals surface area (Å²) >= 11 is 5.67. The molecule has 0 heterocycles. The molecule has 2 aromatic rings. The molecular formula is C17H17ClF3N. The van der Waals surface area contributed by atoms with Crippen molar-refractivity contribution in [1.82, 2.24) is 5.32 Å². The van der Waals surface area contributed by atoms with Crippen molar-refractivity contribution >= 4 is 11.6 Å². The highest BCUT2D eigenvalue weighted by molar-refractivity contribution is 6.17. The van der Waals surface area contributed by atoms with Gasteiger partial charge >= 0.3 is 6.18 Å². The minimum atomic E-state index is -4.34. The Balaban J connectivity index is 2.32. The fraction of sp³-hybridized carbons (Fsp3) is 0.294. The molecule has 22 heavy (non-hydrogen) atoms. The van der Waals surface area contributed by atoms with E-state index in [4.69, 9.17) is 11.6 Å². The van der Waals surface area contributed by atoms with Crippen LogP contribution in [0.15, 0.2) is 54.6 Å². The summed E-state index contributed by atoms with van der Waals surface area (Å²) in [7, 11) is 0. The third-order valence-electron chi connectivity index (χ3n) is 3.34. The third-order valence-corrected chi connectivity index (χ3v) is 3.61. The summed E-state index contributed by atoms with van der Waals surface area (Å²) in [6.07, 6.45) is -3.59. The zero-order valence-electron chi connectivity index (χ0n) is 11.9. The Labute approximate surface area is 133 Å². The fourth-order valence-corrected chi connectivity index (χ4v) is 2.42. The molecule has 0 bridgehead atoms. The molecule has 0 amide bonds. The molecule has 1 unspecified atom stereocenters. The summed E-state index contributed by atoms with van der Waals surface area (Å²) in [4.78, 5) is 0. The molecule has 1 N–H and O–H groups in total. The predicted molar refractivity (Wildman–Crippen MR) is 83.1 cm³/mol. The summed E-state index contributed by atoms with van der Waals surface area (Å²) in [5.41, 5.74) is 0.886. The van der Waals surface area contributed by atoms with Crippen LogP contribution in [0.4, 0.5) is 13.2 Å².